The standard InChI is InChI=1S/C22H20N2O3/c25-19-11-10-16(14-20(19)26)21-23-18-9-5-4-8-17(18)22(27)24(21)13-12-15-6-2-1-3-7-15/h1-11,14,21,23,25-26H,12-13H2/t21-/m0/s1. The summed E-state index contributed by atoms with van der Waals surface area (Å²) in [6.07, 6.45) is 0.291. The first-order chi connectivity index (χ1) is 13.1. The van der Waals surface area contributed by atoms with Gasteiger partial charge >= 0.3 is 0 Å². The lowest BCUT2D eigenvalue weighted by molar-refractivity contribution is 0.0685. The summed E-state index contributed by atoms with van der Waals surface area (Å²) in [5.41, 5.74) is 3.25. The number of rotatable bonds is 4. The molecule has 0 saturated heterocycles. The Labute approximate surface area is 157 Å². The summed E-state index contributed by atoms with van der Waals surface area (Å²) in [5, 5.41) is 22.9. The number of benzene rings is 3. The predicted molar refractivity (Wildman–Crippen MR) is 104 cm³/mol. The Morgan fingerprint density at radius 1 is 0.889 bits per heavy atom. The van der Waals surface area contributed by atoms with Crippen molar-refractivity contribution in [3.05, 3.63) is 89.5 Å². The Bertz CT molecular complexity index is 972. The van der Waals surface area contributed by atoms with Crippen molar-refractivity contribution in [2.24, 2.45) is 0 Å². The van der Waals surface area contributed by atoms with E-state index in [-0.39, 0.29) is 17.4 Å². The summed E-state index contributed by atoms with van der Waals surface area (Å²) in [7, 11) is 0. The molecule has 0 spiro atoms. The zero-order chi connectivity index (χ0) is 18.8. The highest BCUT2D eigenvalue weighted by Crippen LogP contribution is 2.36. The summed E-state index contributed by atoms with van der Waals surface area (Å²) < 4.78 is 0. The second kappa shape index (κ2) is 7.03. The monoisotopic (exact) mass is 360 g/mol. The number of nitrogens with zero attached hydrogens (tertiary/aromatic N) is 1. The van der Waals surface area contributed by atoms with E-state index in [9.17, 15) is 15.0 Å². The molecule has 0 unspecified atom stereocenters. The zero-order valence-electron chi connectivity index (χ0n) is 14.7. The first-order valence-electron chi connectivity index (χ1n) is 8.86. The van der Waals surface area contributed by atoms with Crippen molar-refractivity contribution in [1.82, 2.24) is 4.90 Å². The van der Waals surface area contributed by atoms with Gasteiger partial charge in [0.25, 0.3) is 5.91 Å². The van der Waals surface area contributed by atoms with Crippen LogP contribution in [-0.4, -0.2) is 27.6 Å². The summed E-state index contributed by atoms with van der Waals surface area (Å²) >= 11 is 0. The van der Waals surface area contributed by atoms with Crippen molar-refractivity contribution < 1.29 is 15.0 Å². The van der Waals surface area contributed by atoms with E-state index in [2.05, 4.69) is 5.32 Å². The van der Waals surface area contributed by atoms with Gasteiger partial charge < -0.3 is 20.4 Å². The minimum Gasteiger partial charge on any atom is -0.504 e. The van der Waals surface area contributed by atoms with E-state index < -0.39 is 6.17 Å². The average molecular weight is 360 g/mol. The number of amides is 1. The summed E-state index contributed by atoms with van der Waals surface area (Å²) in [4.78, 5) is 14.9. The number of anilines is 1. The molecule has 5 heteroatoms. The molecule has 1 aliphatic heterocycles. The number of carbonyl (C=O) groups excluding carboxylic acids is 1. The molecule has 0 bridgehead atoms. The van der Waals surface area contributed by atoms with E-state index in [1.807, 2.05) is 54.6 Å². The molecular weight excluding hydrogens is 340 g/mol. The molecular formula is C22H20N2O3. The lowest BCUT2D eigenvalue weighted by Gasteiger charge is -2.38. The van der Waals surface area contributed by atoms with Crippen LogP contribution in [0.1, 0.15) is 27.7 Å². The maximum Gasteiger partial charge on any atom is 0.257 e. The summed E-state index contributed by atoms with van der Waals surface area (Å²) in [6, 6.07) is 22.1. The lowest BCUT2D eigenvalue weighted by Crippen LogP contribution is -2.43. The smallest absolute Gasteiger partial charge is 0.257 e. The number of para-hydroxylation sites is 1. The van der Waals surface area contributed by atoms with Gasteiger partial charge in [0.1, 0.15) is 6.17 Å². The number of hydrogen-bond donors (Lipinski definition) is 3. The second-order valence-corrected chi connectivity index (χ2v) is 6.57. The number of phenolic OH excluding ortho intramolecular Hbond substituents is 2. The molecule has 1 amide bonds. The Morgan fingerprint density at radius 3 is 2.41 bits per heavy atom. The lowest BCUT2D eigenvalue weighted by atomic mass is 10.0. The van der Waals surface area contributed by atoms with E-state index >= 15 is 0 Å². The Kier molecular flexibility index (Phi) is 4.42. The molecule has 4 rings (SSSR count). The SMILES string of the molecule is O=C1c2ccccc2N[C@H](c2ccc(O)c(O)c2)N1CCc1ccccc1. The average Bonchev–Trinajstić information content (AvgIpc) is 2.70. The van der Waals surface area contributed by atoms with E-state index in [1.165, 1.54) is 12.1 Å². The molecule has 1 heterocycles. The quantitative estimate of drug-likeness (QED) is 0.617. The van der Waals surface area contributed by atoms with Crippen LogP contribution in [0.25, 0.3) is 0 Å². The molecule has 27 heavy (non-hydrogen) atoms. The third-order valence-electron chi connectivity index (χ3n) is 4.82. The number of aromatic hydroxyl groups is 2. The molecule has 0 radical (unpaired) electrons. The number of nitrogens with one attached hydrogen (secondary N) is 1. The third kappa shape index (κ3) is 3.31. The van der Waals surface area contributed by atoms with Crippen LogP contribution in [0.3, 0.4) is 0 Å². The van der Waals surface area contributed by atoms with Gasteiger partial charge in [-0.3, -0.25) is 4.79 Å². The molecule has 136 valence electrons. The largest absolute Gasteiger partial charge is 0.504 e. The number of carbonyl (C=O) groups is 1. The van der Waals surface area contributed by atoms with Crippen LogP contribution in [0.5, 0.6) is 11.5 Å². The molecule has 0 aromatic heterocycles. The minimum atomic E-state index is -0.428. The molecule has 1 atom stereocenters. The van der Waals surface area contributed by atoms with Crippen LogP contribution in [0.15, 0.2) is 72.8 Å². The third-order valence-corrected chi connectivity index (χ3v) is 4.82. The van der Waals surface area contributed by atoms with Gasteiger partial charge in [-0.25, -0.2) is 0 Å². The zero-order valence-corrected chi connectivity index (χ0v) is 14.7. The van der Waals surface area contributed by atoms with Crippen LogP contribution in [0, 0.1) is 0 Å². The molecule has 0 fully saturated rings. The van der Waals surface area contributed by atoms with Crippen LogP contribution in [0.2, 0.25) is 0 Å². The van der Waals surface area contributed by atoms with Crippen LogP contribution in [0.4, 0.5) is 5.69 Å². The number of hydrogen-bond acceptors (Lipinski definition) is 4. The van der Waals surface area contributed by atoms with Crippen LogP contribution >= 0.6 is 0 Å². The van der Waals surface area contributed by atoms with E-state index in [0.29, 0.717) is 17.7 Å². The van der Waals surface area contributed by atoms with Crippen molar-refractivity contribution in [2.75, 3.05) is 11.9 Å². The fourth-order valence-corrected chi connectivity index (χ4v) is 3.39. The predicted octanol–water partition coefficient (Wildman–Crippen LogP) is 3.91. The van der Waals surface area contributed by atoms with E-state index in [4.69, 9.17) is 0 Å². The van der Waals surface area contributed by atoms with Crippen molar-refractivity contribution in [3.8, 4) is 11.5 Å². The first kappa shape index (κ1) is 17.0. The Hall–Kier alpha value is -3.47. The normalized spacial score (nSPS) is 15.9. The Balaban J connectivity index is 1.69. The number of fused-ring (bicyclic) bond motifs is 1. The van der Waals surface area contributed by atoms with Crippen molar-refractivity contribution in [1.29, 1.82) is 0 Å². The van der Waals surface area contributed by atoms with Gasteiger partial charge in [-0.05, 0) is 41.8 Å². The fraction of sp³-hybridized carbons (Fsp3) is 0.136. The summed E-state index contributed by atoms with van der Waals surface area (Å²) in [5.74, 6) is -0.446. The van der Waals surface area contributed by atoms with Gasteiger partial charge in [0.15, 0.2) is 11.5 Å². The van der Waals surface area contributed by atoms with Crippen molar-refractivity contribution in [2.45, 2.75) is 12.6 Å². The second-order valence-electron chi connectivity index (χ2n) is 6.57. The van der Waals surface area contributed by atoms with E-state index in [0.717, 1.165) is 17.7 Å². The molecule has 0 aliphatic carbocycles. The van der Waals surface area contributed by atoms with Crippen LogP contribution in [-0.2, 0) is 6.42 Å². The fourth-order valence-electron chi connectivity index (χ4n) is 3.39. The van der Waals surface area contributed by atoms with Gasteiger partial charge in [0.2, 0.25) is 0 Å². The first-order valence-corrected chi connectivity index (χ1v) is 8.86. The van der Waals surface area contributed by atoms with Gasteiger partial charge in [0, 0.05) is 12.2 Å². The summed E-state index contributed by atoms with van der Waals surface area (Å²) in [6.45, 7) is 0.524. The highest BCUT2D eigenvalue weighted by atomic mass is 16.3. The molecule has 3 aromatic rings. The minimum absolute atomic E-state index is 0.0576. The van der Waals surface area contributed by atoms with Gasteiger partial charge in [-0.2, -0.15) is 0 Å². The van der Waals surface area contributed by atoms with Crippen molar-refractivity contribution >= 4 is 11.6 Å². The molecule has 1 aliphatic rings. The highest BCUT2D eigenvalue weighted by molar-refractivity contribution is 6.01. The van der Waals surface area contributed by atoms with Crippen LogP contribution < -0.4 is 5.32 Å². The van der Waals surface area contributed by atoms with E-state index in [1.54, 1.807) is 11.0 Å². The molecule has 3 N–H and O–H groups in total. The highest BCUT2D eigenvalue weighted by Gasteiger charge is 2.32. The maximum absolute atomic E-state index is 13.1. The molecule has 5 nitrogen and oxygen atoms in total. The number of phenols is 2. The van der Waals surface area contributed by atoms with Gasteiger partial charge in [0.05, 0.1) is 5.56 Å². The molecule has 0 saturated carbocycles. The van der Waals surface area contributed by atoms with Crippen molar-refractivity contribution in [3.63, 3.8) is 0 Å². The Morgan fingerprint density at radius 2 is 1.63 bits per heavy atom. The van der Waals surface area contributed by atoms with Gasteiger partial charge in [-0.1, -0.05) is 48.5 Å². The topological polar surface area (TPSA) is 72.8 Å². The van der Waals surface area contributed by atoms with Gasteiger partial charge in [-0.15, -0.1) is 0 Å². The molecule has 3 aromatic carbocycles. The maximum atomic E-state index is 13.1.